The van der Waals surface area contributed by atoms with Crippen molar-refractivity contribution >= 4 is 39.1 Å². The molecule has 0 saturated carbocycles. The second-order valence-electron chi connectivity index (χ2n) is 11.5. The van der Waals surface area contributed by atoms with E-state index >= 15 is 0 Å². The van der Waals surface area contributed by atoms with Gasteiger partial charge in [-0.2, -0.15) is 13.2 Å². The van der Waals surface area contributed by atoms with Crippen LogP contribution in [0.15, 0.2) is 108 Å². The summed E-state index contributed by atoms with van der Waals surface area (Å²) in [7, 11) is -4.59. The second kappa shape index (κ2) is 15.7. The van der Waals surface area contributed by atoms with Crippen molar-refractivity contribution in [2.45, 2.75) is 63.3 Å². The largest absolute Gasteiger partial charge is 0.417 e. The van der Waals surface area contributed by atoms with Crippen molar-refractivity contribution in [1.29, 1.82) is 0 Å². The van der Waals surface area contributed by atoms with Gasteiger partial charge in [-0.15, -0.1) is 0 Å². The highest BCUT2D eigenvalue weighted by atomic mass is 35.5. The lowest BCUT2D eigenvalue weighted by molar-refractivity contribution is -0.140. The fraction of sp³-hybridized carbons (Fsp3) is 0.278. The standard InChI is InChI=1S/C36H37ClF3N3O4S/c1-4-26(3)41-35(45)33(21-27-14-7-5-8-15-27)42(23-28-16-12-11-13-25(28)2)34(44)24-43(48(46,47)30-17-9-6-10-18-30)29-19-20-32(37)31(22-29)36(38,39)40/h5-20,22,26,33H,4,21,23-24H2,1-3H3,(H,41,45)/t26-,33+/m0/s1. The van der Waals surface area contributed by atoms with Gasteiger partial charge in [-0.25, -0.2) is 8.42 Å². The first kappa shape index (κ1) is 36.5. The van der Waals surface area contributed by atoms with Crippen LogP contribution in [0.1, 0.15) is 42.5 Å². The molecule has 0 spiro atoms. The molecule has 0 unspecified atom stereocenters. The minimum absolute atomic E-state index is 0.0649. The Morgan fingerprint density at radius 2 is 1.50 bits per heavy atom. The Labute approximate surface area is 284 Å². The Morgan fingerprint density at radius 3 is 2.10 bits per heavy atom. The number of nitrogens with one attached hydrogen (secondary N) is 1. The van der Waals surface area contributed by atoms with Crippen LogP contribution in [0.4, 0.5) is 18.9 Å². The maximum Gasteiger partial charge on any atom is 0.417 e. The van der Waals surface area contributed by atoms with E-state index < -0.39 is 56.9 Å². The molecule has 0 aliphatic heterocycles. The molecule has 4 aromatic rings. The van der Waals surface area contributed by atoms with Crippen molar-refractivity contribution in [3.05, 3.63) is 130 Å². The zero-order chi connectivity index (χ0) is 35.1. The van der Waals surface area contributed by atoms with Gasteiger partial charge >= 0.3 is 6.18 Å². The normalized spacial score (nSPS) is 13.0. The number of carbonyl (C=O) groups excluding carboxylic acids is 2. The third kappa shape index (κ3) is 8.96. The molecule has 0 aliphatic rings. The monoisotopic (exact) mass is 699 g/mol. The van der Waals surface area contributed by atoms with Gasteiger partial charge in [-0.1, -0.05) is 91.3 Å². The molecular formula is C36H37ClF3N3O4S. The minimum atomic E-state index is -4.90. The minimum Gasteiger partial charge on any atom is -0.352 e. The summed E-state index contributed by atoms with van der Waals surface area (Å²) in [4.78, 5) is 29.6. The zero-order valence-electron chi connectivity index (χ0n) is 26.7. The molecule has 4 rings (SSSR count). The number of sulfonamides is 1. The van der Waals surface area contributed by atoms with Gasteiger partial charge in [0.1, 0.15) is 12.6 Å². The molecule has 0 aromatic heterocycles. The van der Waals surface area contributed by atoms with Crippen LogP contribution in [0.3, 0.4) is 0 Å². The third-order valence-electron chi connectivity index (χ3n) is 8.03. The number of hydrogen-bond acceptors (Lipinski definition) is 4. The summed E-state index contributed by atoms with van der Waals surface area (Å²) in [5, 5.41) is 2.33. The van der Waals surface area contributed by atoms with Crippen molar-refractivity contribution in [2.24, 2.45) is 0 Å². The van der Waals surface area contributed by atoms with Gasteiger partial charge in [-0.3, -0.25) is 13.9 Å². The number of carbonyl (C=O) groups is 2. The summed E-state index contributed by atoms with van der Waals surface area (Å²) in [6, 6.07) is 24.8. The Morgan fingerprint density at radius 1 is 0.896 bits per heavy atom. The topological polar surface area (TPSA) is 86.8 Å². The van der Waals surface area contributed by atoms with E-state index in [1.54, 1.807) is 30.3 Å². The van der Waals surface area contributed by atoms with Gasteiger partial charge in [0.2, 0.25) is 11.8 Å². The number of halogens is 4. The van der Waals surface area contributed by atoms with Crippen LogP contribution >= 0.6 is 11.6 Å². The number of hydrogen-bond donors (Lipinski definition) is 1. The average Bonchev–Trinajstić information content (AvgIpc) is 3.06. The van der Waals surface area contributed by atoms with Crippen molar-refractivity contribution < 1.29 is 31.2 Å². The quantitative estimate of drug-likeness (QED) is 0.157. The first-order valence-corrected chi connectivity index (χ1v) is 17.2. The summed E-state index contributed by atoms with van der Waals surface area (Å²) >= 11 is 5.88. The molecule has 0 saturated heterocycles. The number of anilines is 1. The predicted octanol–water partition coefficient (Wildman–Crippen LogP) is 7.42. The van der Waals surface area contributed by atoms with E-state index in [-0.39, 0.29) is 23.9 Å². The van der Waals surface area contributed by atoms with E-state index in [0.29, 0.717) is 22.4 Å². The Kier molecular flexibility index (Phi) is 11.9. The smallest absolute Gasteiger partial charge is 0.352 e. The number of amides is 2. The lowest BCUT2D eigenvalue weighted by Crippen LogP contribution is -2.54. The molecule has 1 N–H and O–H groups in total. The highest BCUT2D eigenvalue weighted by Crippen LogP contribution is 2.38. The van der Waals surface area contributed by atoms with Gasteiger partial charge in [0, 0.05) is 19.0 Å². The van der Waals surface area contributed by atoms with Crippen molar-refractivity contribution in [3.8, 4) is 0 Å². The molecule has 2 atom stereocenters. The molecular weight excluding hydrogens is 663 g/mol. The molecule has 12 heteroatoms. The van der Waals surface area contributed by atoms with Crippen molar-refractivity contribution in [1.82, 2.24) is 10.2 Å². The van der Waals surface area contributed by atoms with E-state index in [1.165, 1.54) is 29.2 Å². The van der Waals surface area contributed by atoms with E-state index in [4.69, 9.17) is 11.6 Å². The molecule has 7 nitrogen and oxygen atoms in total. The lowest BCUT2D eigenvalue weighted by Gasteiger charge is -2.34. The van der Waals surface area contributed by atoms with E-state index in [0.717, 1.165) is 23.3 Å². The summed E-state index contributed by atoms with van der Waals surface area (Å²) < 4.78 is 70.6. The fourth-order valence-electron chi connectivity index (χ4n) is 5.10. The summed E-state index contributed by atoms with van der Waals surface area (Å²) in [6.07, 6.45) is -4.17. The van der Waals surface area contributed by atoms with Gasteiger partial charge in [0.25, 0.3) is 10.0 Å². The van der Waals surface area contributed by atoms with Gasteiger partial charge < -0.3 is 10.2 Å². The molecule has 0 heterocycles. The Hall–Kier alpha value is -4.35. The maximum absolute atomic E-state index is 14.6. The first-order chi connectivity index (χ1) is 22.7. The molecule has 0 radical (unpaired) electrons. The predicted molar refractivity (Wildman–Crippen MR) is 181 cm³/mol. The number of alkyl halides is 3. The average molecular weight is 700 g/mol. The van der Waals surface area contributed by atoms with E-state index in [2.05, 4.69) is 5.32 Å². The van der Waals surface area contributed by atoms with Crippen LogP contribution in [-0.2, 0) is 38.8 Å². The Bertz CT molecular complexity index is 1820. The van der Waals surface area contributed by atoms with Crippen LogP contribution in [0.5, 0.6) is 0 Å². The highest BCUT2D eigenvalue weighted by molar-refractivity contribution is 7.92. The molecule has 48 heavy (non-hydrogen) atoms. The molecule has 254 valence electrons. The van der Waals surface area contributed by atoms with Crippen LogP contribution in [-0.4, -0.2) is 43.8 Å². The van der Waals surface area contributed by atoms with Crippen molar-refractivity contribution in [2.75, 3.05) is 10.8 Å². The first-order valence-electron chi connectivity index (χ1n) is 15.3. The molecule has 4 aromatic carbocycles. The van der Waals surface area contributed by atoms with Crippen molar-refractivity contribution in [3.63, 3.8) is 0 Å². The summed E-state index contributed by atoms with van der Waals surface area (Å²) in [6.45, 7) is 4.62. The maximum atomic E-state index is 14.6. The van der Waals surface area contributed by atoms with E-state index in [9.17, 15) is 31.2 Å². The van der Waals surface area contributed by atoms with Crippen LogP contribution in [0.25, 0.3) is 0 Å². The van der Waals surface area contributed by atoms with Crippen LogP contribution in [0.2, 0.25) is 5.02 Å². The number of aryl methyl sites for hydroxylation is 1. The number of nitrogens with zero attached hydrogens (tertiary/aromatic N) is 2. The van der Waals surface area contributed by atoms with Crippen LogP contribution in [0, 0.1) is 6.92 Å². The number of benzene rings is 4. The molecule has 0 bridgehead atoms. The fourth-order valence-corrected chi connectivity index (χ4v) is 6.75. The van der Waals surface area contributed by atoms with Gasteiger partial charge in [0.05, 0.1) is 21.2 Å². The zero-order valence-corrected chi connectivity index (χ0v) is 28.3. The summed E-state index contributed by atoms with van der Waals surface area (Å²) in [5.74, 6) is -1.24. The van der Waals surface area contributed by atoms with Crippen LogP contribution < -0.4 is 9.62 Å². The van der Waals surface area contributed by atoms with E-state index in [1.807, 2.05) is 51.1 Å². The SMILES string of the molecule is CC[C@H](C)NC(=O)[C@@H](Cc1ccccc1)N(Cc1ccccc1C)C(=O)CN(c1ccc(Cl)c(C(F)(F)F)c1)S(=O)(=O)c1ccccc1. The third-order valence-corrected chi connectivity index (χ3v) is 10.1. The number of rotatable bonds is 13. The molecule has 0 fully saturated rings. The van der Waals surface area contributed by atoms with Gasteiger partial charge in [-0.05, 0) is 67.3 Å². The highest BCUT2D eigenvalue weighted by Gasteiger charge is 2.38. The van der Waals surface area contributed by atoms with Gasteiger partial charge in [0.15, 0.2) is 0 Å². The lowest BCUT2D eigenvalue weighted by atomic mass is 10.0. The Balaban J connectivity index is 1.87. The molecule has 0 aliphatic carbocycles. The summed E-state index contributed by atoms with van der Waals surface area (Å²) in [5.41, 5.74) is 0.629. The molecule has 2 amide bonds. The second-order valence-corrected chi connectivity index (χ2v) is 13.7.